The Morgan fingerprint density at radius 3 is 2.52 bits per heavy atom. The number of halogens is 2. The van der Waals surface area contributed by atoms with Gasteiger partial charge in [-0.1, -0.05) is 73.5 Å². The third-order valence-electron chi connectivity index (χ3n) is 3.02. The largest absolute Gasteiger partial charge is 0.318 e. The Bertz CT molecular complexity index is 759. The summed E-state index contributed by atoms with van der Waals surface area (Å²) in [5.41, 5.74) is 8.31. The Hall–Kier alpha value is -1.08. The van der Waals surface area contributed by atoms with Crippen molar-refractivity contribution < 1.29 is 0 Å². The van der Waals surface area contributed by atoms with Crippen molar-refractivity contribution in [1.82, 2.24) is 10.2 Å². The van der Waals surface area contributed by atoms with Crippen LogP contribution in [0.5, 0.6) is 0 Å². The topological polar surface area (TPSA) is 51.8 Å². The lowest BCUT2D eigenvalue weighted by Crippen LogP contribution is -2.11. The second-order valence-electron chi connectivity index (χ2n) is 4.46. The molecule has 0 aliphatic rings. The van der Waals surface area contributed by atoms with E-state index in [-0.39, 0.29) is 6.04 Å². The first-order chi connectivity index (χ1) is 10.1. The molecule has 0 radical (unpaired) electrons. The van der Waals surface area contributed by atoms with Gasteiger partial charge in [-0.3, -0.25) is 0 Å². The lowest BCUT2D eigenvalue weighted by molar-refractivity contribution is 0.831. The number of benzene rings is 2. The van der Waals surface area contributed by atoms with Crippen LogP contribution in [0, 0.1) is 0 Å². The minimum absolute atomic E-state index is 0.247. The van der Waals surface area contributed by atoms with E-state index in [2.05, 4.69) is 42.1 Å². The van der Waals surface area contributed by atoms with Crippen LogP contribution in [0.2, 0.25) is 0 Å². The van der Waals surface area contributed by atoms with E-state index >= 15 is 0 Å². The van der Waals surface area contributed by atoms with Crippen molar-refractivity contribution in [2.24, 2.45) is 5.73 Å². The molecule has 2 aromatic carbocycles. The molecule has 3 nitrogen and oxygen atoms in total. The first kappa shape index (κ1) is 14.8. The molecule has 1 unspecified atom stereocenters. The van der Waals surface area contributed by atoms with Gasteiger partial charge in [0.1, 0.15) is 10.0 Å². The minimum atomic E-state index is -0.247. The van der Waals surface area contributed by atoms with Crippen LogP contribution in [-0.2, 0) is 0 Å². The van der Waals surface area contributed by atoms with Gasteiger partial charge in [0.2, 0.25) is 0 Å². The monoisotopic (exact) mass is 423 g/mol. The van der Waals surface area contributed by atoms with Gasteiger partial charge in [0.25, 0.3) is 0 Å². The molecule has 0 bridgehead atoms. The number of aromatic nitrogens is 2. The van der Waals surface area contributed by atoms with Crippen LogP contribution in [0.1, 0.15) is 16.6 Å². The zero-order chi connectivity index (χ0) is 14.8. The van der Waals surface area contributed by atoms with Crippen LogP contribution in [0.4, 0.5) is 0 Å². The molecule has 0 spiro atoms. The van der Waals surface area contributed by atoms with Gasteiger partial charge in [0.05, 0.1) is 6.04 Å². The number of nitrogens with zero attached hydrogens (tertiary/aromatic N) is 2. The molecular formula is C15H11Br2N3S. The number of nitrogens with two attached hydrogens (primary N) is 1. The fraction of sp³-hybridized carbons (Fsp3) is 0.0667. The van der Waals surface area contributed by atoms with E-state index in [1.807, 2.05) is 48.5 Å². The number of hydrogen-bond donors (Lipinski definition) is 1. The van der Waals surface area contributed by atoms with Crippen LogP contribution in [0.3, 0.4) is 0 Å². The fourth-order valence-corrected chi connectivity index (χ4v) is 3.76. The van der Waals surface area contributed by atoms with Gasteiger partial charge in [-0.05, 0) is 23.8 Å². The summed E-state index contributed by atoms with van der Waals surface area (Å²) in [5.74, 6) is 0. The highest BCUT2D eigenvalue weighted by atomic mass is 79.9. The second-order valence-corrected chi connectivity index (χ2v) is 7.24. The first-order valence-electron chi connectivity index (χ1n) is 6.24. The van der Waals surface area contributed by atoms with Gasteiger partial charge in [-0.25, -0.2) is 0 Å². The highest BCUT2D eigenvalue weighted by Crippen LogP contribution is 2.34. The minimum Gasteiger partial charge on any atom is -0.318 e. The molecule has 6 heteroatoms. The van der Waals surface area contributed by atoms with Crippen LogP contribution >= 0.6 is 43.2 Å². The van der Waals surface area contributed by atoms with E-state index in [1.54, 1.807) is 0 Å². The summed E-state index contributed by atoms with van der Waals surface area (Å²) in [7, 11) is 0. The van der Waals surface area contributed by atoms with Crippen molar-refractivity contribution in [3.05, 3.63) is 68.0 Å². The van der Waals surface area contributed by atoms with Gasteiger partial charge >= 0.3 is 0 Å². The molecule has 0 saturated heterocycles. The molecule has 0 amide bonds. The average molecular weight is 425 g/mol. The Labute approximate surface area is 143 Å². The molecule has 0 saturated carbocycles. The SMILES string of the molecule is NC(c1ccccc1)c1nnc(-c2cc(Br)ccc2Br)s1. The molecule has 1 aromatic heterocycles. The van der Waals surface area contributed by atoms with E-state index < -0.39 is 0 Å². The van der Waals surface area contributed by atoms with Gasteiger partial charge in [0, 0.05) is 14.5 Å². The van der Waals surface area contributed by atoms with Crippen molar-refractivity contribution >= 4 is 43.2 Å². The lowest BCUT2D eigenvalue weighted by Gasteiger charge is -2.07. The normalized spacial score (nSPS) is 12.3. The van der Waals surface area contributed by atoms with Gasteiger partial charge in [-0.15, -0.1) is 10.2 Å². The summed E-state index contributed by atoms with van der Waals surface area (Å²) in [6.45, 7) is 0. The summed E-state index contributed by atoms with van der Waals surface area (Å²) in [5, 5.41) is 10.2. The maximum Gasteiger partial charge on any atom is 0.149 e. The molecule has 0 fully saturated rings. The Morgan fingerprint density at radius 2 is 1.76 bits per heavy atom. The summed E-state index contributed by atoms with van der Waals surface area (Å²) >= 11 is 8.54. The number of rotatable bonds is 3. The summed E-state index contributed by atoms with van der Waals surface area (Å²) < 4.78 is 1.99. The maximum absolute atomic E-state index is 6.26. The van der Waals surface area contributed by atoms with Crippen LogP contribution in [0.25, 0.3) is 10.6 Å². The third kappa shape index (κ3) is 3.23. The van der Waals surface area contributed by atoms with Crippen molar-refractivity contribution in [1.29, 1.82) is 0 Å². The lowest BCUT2D eigenvalue weighted by atomic mass is 10.1. The Balaban J connectivity index is 1.95. The molecule has 3 rings (SSSR count). The number of hydrogen-bond acceptors (Lipinski definition) is 4. The van der Waals surface area contributed by atoms with Gasteiger partial charge in [-0.2, -0.15) is 0 Å². The van der Waals surface area contributed by atoms with Crippen LogP contribution < -0.4 is 5.73 Å². The zero-order valence-corrected chi connectivity index (χ0v) is 14.8. The smallest absolute Gasteiger partial charge is 0.149 e. The molecule has 106 valence electrons. The fourth-order valence-electron chi connectivity index (χ4n) is 1.93. The average Bonchev–Trinajstić information content (AvgIpc) is 2.99. The third-order valence-corrected chi connectivity index (χ3v) is 5.25. The molecule has 21 heavy (non-hydrogen) atoms. The van der Waals surface area contributed by atoms with Crippen LogP contribution in [-0.4, -0.2) is 10.2 Å². The molecule has 1 atom stereocenters. The summed E-state index contributed by atoms with van der Waals surface area (Å²) in [6, 6.07) is 15.7. The first-order valence-corrected chi connectivity index (χ1v) is 8.65. The zero-order valence-electron chi connectivity index (χ0n) is 10.8. The molecule has 3 aromatic rings. The Kier molecular flexibility index (Phi) is 4.49. The van der Waals surface area contributed by atoms with Gasteiger partial charge < -0.3 is 5.73 Å². The van der Waals surface area contributed by atoms with Crippen molar-refractivity contribution in [2.45, 2.75) is 6.04 Å². The Morgan fingerprint density at radius 1 is 1.00 bits per heavy atom. The van der Waals surface area contributed by atoms with Crippen molar-refractivity contribution in [3.8, 4) is 10.6 Å². The predicted octanol–water partition coefficient (Wildman–Crippen LogP) is 4.78. The highest BCUT2D eigenvalue weighted by molar-refractivity contribution is 9.11. The van der Waals surface area contributed by atoms with E-state index in [0.717, 1.165) is 30.1 Å². The second kappa shape index (κ2) is 6.36. The van der Waals surface area contributed by atoms with Gasteiger partial charge in [0.15, 0.2) is 0 Å². The quantitative estimate of drug-likeness (QED) is 0.658. The summed E-state index contributed by atoms with van der Waals surface area (Å²) in [6.07, 6.45) is 0. The predicted molar refractivity (Wildman–Crippen MR) is 93.2 cm³/mol. The summed E-state index contributed by atoms with van der Waals surface area (Å²) in [4.78, 5) is 0. The maximum atomic E-state index is 6.26. The van der Waals surface area contributed by atoms with Crippen molar-refractivity contribution in [2.75, 3.05) is 0 Å². The molecule has 0 aliphatic heterocycles. The highest BCUT2D eigenvalue weighted by Gasteiger charge is 2.16. The molecule has 0 aliphatic carbocycles. The van der Waals surface area contributed by atoms with Crippen LogP contribution in [0.15, 0.2) is 57.5 Å². The molecule has 1 heterocycles. The molecule has 2 N–H and O–H groups in total. The van der Waals surface area contributed by atoms with E-state index in [0.29, 0.717) is 0 Å². The standard InChI is InChI=1S/C15H11Br2N3S/c16-10-6-7-12(17)11(8-10)14-19-20-15(21-14)13(18)9-4-2-1-3-5-9/h1-8,13H,18H2. The van der Waals surface area contributed by atoms with E-state index in [1.165, 1.54) is 11.3 Å². The van der Waals surface area contributed by atoms with E-state index in [9.17, 15) is 0 Å². The van der Waals surface area contributed by atoms with E-state index in [4.69, 9.17) is 5.73 Å². The molecular weight excluding hydrogens is 414 g/mol. The van der Waals surface area contributed by atoms with Crippen molar-refractivity contribution in [3.63, 3.8) is 0 Å².